The Labute approximate surface area is 159 Å². The minimum atomic E-state index is -0.334. The van der Waals surface area contributed by atoms with Gasteiger partial charge in [0.1, 0.15) is 11.3 Å². The summed E-state index contributed by atoms with van der Waals surface area (Å²) in [6.07, 6.45) is 5.14. The van der Waals surface area contributed by atoms with Crippen LogP contribution in [-0.2, 0) is 0 Å². The molecule has 10 heteroatoms. The number of imidazole rings is 1. The van der Waals surface area contributed by atoms with E-state index < -0.39 is 0 Å². The van der Waals surface area contributed by atoms with Gasteiger partial charge in [-0.25, -0.2) is 9.78 Å². The van der Waals surface area contributed by atoms with E-state index in [1.807, 2.05) is 31.2 Å². The molecule has 0 fully saturated rings. The normalized spacial score (nSPS) is 10.8. The summed E-state index contributed by atoms with van der Waals surface area (Å²) >= 11 is 0. The highest BCUT2D eigenvalue weighted by molar-refractivity contribution is 5.88. The van der Waals surface area contributed by atoms with Gasteiger partial charge < -0.3 is 14.6 Å². The molecule has 0 radical (unpaired) electrons. The molecule has 0 aliphatic carbocycles. The van der Waals surface area contributed by atoms with Crippen LogP contribution in [0, 0.1) is 0 Å². The van der Waals surface area contributed by atoms with E-state index in [0.29, 0.717) is 23.7 Å². The molecule has 4 heterocycles. The Morgan fingerprint density at radius 3 is 2.89 bits per heavy atom. The van der Waals surface area contributed by atoms with Crippen LogP contribution >= 0.6 is 0 Å². The first-order valence-corrected chi connectivity index (χ1v) is 8.54. The quantitative estimate of drug-likeness (QED) is 0.547. The first-order valence-electron chi connectivity index (χ1n) is 8.54. The number of amides is 2. The molecular weight excluding hydrogens is 362 g/mol. The van der Waals surface area contributed by atoms with Gasteiger partial charge in [-0.1, -0.05) is 6.07 Å². The summed E-state index contributed by atoms with van der Waals surface area (Å²) in [5.74, 6) is 0.650. The second-order valence-corrected chi connectivity index (χ2v) is 5.80. The number of nitrogens with zero attached hydrogens (tertiary/aromatic N) is 5. The summed E-state index contributed by atoms with van der Waals surface area (Å²) < 4.78 is 12.1. The summed E-state index contributed by atoms with van der Waals surface area (Å²) in [7, 11) is 1.46. The molecule has 0 aliphatic heterocycles. The molecular formula is C18H17N7O3. The second kappa shape index (κ2) is 7.35. The molecule has 2 amide bonds. The molecule has 0 atom stereocenters. The van der Waals surface area contributed by atoms with Crippen molar-refractivity contribution in [3.63, 3.8) is 0 Å². The number of rotatable bonds is 5. The number of aromatic nitrogens is 5. The van der Waals surface area contributed by atoms with Crippen molar-refractivity contribution < 1.29 is 14.1 Å². The fourth-order valence-electron chi connectivity index (χ4n) is 2.73. The Kier molecular flexibility index (Phi) is 4.58. The van der Waals surface area contributed by atoms with Crippen LogP contribution in [0.15, 0.2) is 47.4 Å². The number of fused-ring (bicyclic) bond motifs is 1. The van der Waals surface area contributed by atoms with Crippen LogP contribution in [0.25, 0.3) is 28.4 Å². The molecule has 0 spiro atoms. The van der Waals surface area contributed by atoms with Crippen LogP contribution in [0.1, 0.15) is 6.92 Å². The second-order valence-electron chi connectivity index (χ2n) is 5.80. The number of hydrogen-bond donors (Lipinski definition) is 2. The summed E-state index contributed by atoms with van der Waals surface area (Å²) in [6, 6.07) is 7.34. The van der Waals surface area contributed by atoms with Gasteiger partial charge in [0.2, 0.25) is 0 Å². The zero-order valence-electron chi connectivity index (χ0n) is 15.2. The first kappa shape index (κ1) is 17.5. The number of methoxy groups -OCH3 is 1. The maximum atomic E-state index is 11.8. The molecule has 2 N–H and O–H groups in total. The fourth-order valence-corrected chi connectivity index (χ4v) is 2.73. The topological polar surface area (TPSA) is 119 Å². The van der Waals surface area contributed by atoms with Gasteiger partial charge in [0.25, 0.3) is 5.89 Å². The summed E-state index contributed by atoms with van der Waals surface area (Å²) in [5.41, 5.74) is 2.96. The molecule has 0 saturated heterocycles. The van der Waals surface area contributed by atoms with E-state index in [1.54, 1.807) is 23.0 Å². The molecule has 0 bridgehead atoms. The third kappa shape index (κ3) is 3.34. The van der Waals surface area contributed by atoms with Crippen molar-refractivity contribution in [2.24, 2.45) is 0 Å². The molecule has 0 aromatic carbocycles. The standard InChI is InChI=1S/C18H17N7O3/c1-3-20-17(26)22-14-10-25-13(16-23-18(27-2)24-28-16)7-12(8-15(25)21-14)11-5-4-6-19-9-11/h4-10H,3H2,1-2H3,(H2,20,22,26). The predicted molar refractivity (Wildman–Crippen MR) is 101 cm³/mol. The highest BCUT2D eigenvalue weighted by atomic mass is 16.5. The van der Waals surface area contributed by atoms with Gasteiger partial charge in [-0.3, -0.25) is 14.7 Å². The van der Waals surface area contributed by atoms with Crippen LogP contribution in [0.4, 0.5) is 10.6 Å². The molecule has 4 rings (SSSR count). The molecule has 142 valence electrons. The van der Waals surface area contributed by atoms with Crippen molar-refractivity contribution in [2.45, 2.75) is 6.92 Å². The van der Waals surface area contributed by atoms with E-state index in [9.17, 15) is 4.79 Å². The Balaban J connectivity index is 1.85. The highest BCUT2D eigenvalue weighted by Gasteiger charge is 2.17. The van der Waals surface area contributed by atoms with E-state index in [4.69, 9.17) is 9.26 Å². The number of pyridine rings is 2. The van der Waals surface area contributed by atoms with Crippen molar-refractivity contribution in [3.05, 3.63) is 42.9 Å². The molecule has 0 saturated carbocycles. The lowest BCUT2D eigenvalue weighted by molar-refractivity contribution is 0.252. The zero-order chi connectivity index (χ0) is 19.5. The molecule has 28 heavy (non-hydrogen) atoms. The number of anilines is 1. The van der Waals surface area contributed by atoms with Gasteiger partial charge in [-0.05, 0) is 35.8 Å². The van der Waals surface area contributed by atoms with Crippen LogP contribution in [0.2, 0.25) is 0 Å². The summed E-state index contributed by atoms with van der Waals surface area (Å²) in [4.78, 5) is 24.7. The number of hydrogen-bond acceptors (Lipinski definition) is 7. The van der Waals surface area contributed by atoms with Crippen molar-refractivity contribution in [3.8, 4) is 28.7 Å². The van der Waals surface area contributed by atoms with Crippen molar-refractivity contribution >= 4 is 17.5 Å². The smallest absolute Gasteiger partial charge is 0.354 e. The van der Waals surface area contributed by atoms with Gasteiger partial charge in [-0.15, -0.1) is 0 Å². The average Bonchev–Trinajstić information content (AvgIpc) is 3.34. The monoisotopic (exact) mass is 379 g/mol. The SMILES string of the molecule is CCNC(=O)Nc1cn2c(-c3nc(OC)no3)cc(-c3cccnc3)cc2n1. The molecule has 0 aliphatic rings. The van der Waals surface area contributed by atoms with E-state index in [-0.39, 0.29) is 17.9 Å². The molecule has 0 unspecified atom stereocenters. The Bertz CT molecular complexity index is 1120. The van der Waals surface area contributed by atoms with Gasteiger partial charge in [0, 0.05) is 24.5 Å². The molecule has 10 nitrogen and oxygen atoms in total. The number of ether oxygens (including phenoxy) is 1. The van der Waals surface area contributed by atoms with Crippen LogP contribution in [0.5, 0.6) is 6.01 Å². The van der Waals surface area contributed by atoms with Crippen molar-refractivity contribution in [1.29, 1.82) is 0 Å². The maximum Gasteiger partial charge on any atom is 0.354 e. The van der Waals surface area contributed by atoms with Gasteiger partial charge in [0.15, 0.2) is 5.82 Å². The number of carbonyl (C=O) groups excluding carboxylic acids is 1. The predicted octanol–water partition coefficient (Wildman–Crippen LogP) is 2.60. The lowest BCUT2D eigenvalue weighted by Gasteiger charge is -2.06. The van der Waals surface area contributed by atoms with Crippen LogP contribution in [-0.4, -0.2) is 44.2 Å². The van der Waals surface area contributed by atoms with Crippen molar-refractivity contribution in [2.75, 3.05) is 19.0 Å². The zero-order valence-corrected chi connectivity index (χ0v) is 15.2. The largest absolute Gasteiger partial charge is 0.465 e. The minimum Gasteiger partial charge on any atom is -0.465 e. The van der Waals surface area contributed by atoms with Crippen LogP contribution in [0.3, 0.4) is 0 Å². The van der Waals surface area contributed by atoms with Crippen molar-refractivity contribution in [1.82, 2.24) is 29.8 Å². The Morgan fingerprint density at radius 1 is 1.29 bits per heavy atom. The van der Waals surface area contributed by atoms with Gasteiger partial charge >= 0.3 is 12.0 Å². The van der Waals surface area contributed by atoms with E-state index in [0.717, 1.165) is 11.1 Å². The average molecular weight is 379 g/mol. The summed E-state index contributed by atoms with van der Waals surface area (Å²) in [6.45, 7) is 2.35. The third-order valence-corrected chi connectivity index (χ3v) is 3.95. The van der Waals surface area contributed by atoms with Gasteiger partial charge in [-0.2, -0.15) is 4.98 Å². The van der Waals surface area contributed by atoms with E-state index >= 15 is 0 Å². The maximum absolute atomic E-state index is 11.8. The number of nitrogens with one attached hydrogen (secondary N) is 2. The number of carbonyl (C=O) groups is 1. The lowest BCUT2D eigenvalue weighted by atomic mass is 10.1. The fraction of sp³-hybridized carbons (Fsp3) is 0.167. The van der Waals surface area contributed by atoms with Gasteiger partial charge in [0.05, 0.1) is 13.3 Å². The Morgan fingerprint density at radius 2 is 2.18 bits per heavy atom. The summed E-state index contributed by atoms with van der Waals surface area (Å²) in [5, 5.41) is 9.13. The number of urea groups is 1. The van der Waals surface area contributed by atoms with E-state index in [1.165, 1.54) is 7.11 Å². The third-order valence-electron chi connectivity index (χ3n) is 3.95. The minimum absolute atomic E-state index is 0.121. The lowest BCUT2D eigenvalue weighted by Crippen LogP contribution is -2.28. The highest BCUT2D eigenvalue weighted by Crippen LogP contribution is 2.29. The van der Waals surface area contributed by atoms with Crippen LogP contribution < -0.4 is 15.4 Å². The Hall–Kier alpha value is -3.95. The van der Waals surface area contributed by atoms with E-state index in [2.05, 4.69) is 30.7 Å². The molecule has 4 aromatic heterocycles. The molecule has 4 aromatic rings. The first-order chi connectivity index (χ1) is 13.7.